The monoisotopic (exact) mass is 426 g/mol. The van der Waals surface area contributed by atoms with Crippen LogP contribution in [0.1, 0.15) is 22.9 Å². The van der Waals surface area contributed by atoms with E-state index in [-0.39, 0.29) is 29.6 Å². The van der Waals surface area contributed by atoms with Gasteiger partial charge in [0, 0.05) is 35.8 Å². The number of para-hydroxylation sites is 1. The van der Waals surface area contributed by atoms with Gasteiger partial charge in [0.1, 0.15) is 0 Å². The minimum absolute atomic E-state index is 0.00128. The van der Waals surface area contributed by atoms with Crippen molar-refractivity contribution in [3.8, 4) is 11.4 Å². The van der Waals surface area contributed by atoms with Crippen LogP contribution in [-0.4, -0.2) is 39.0 Å². The number of fused-ring (bicyclic) bond motifs is 1. The molecule has 0 atom stereocenters. The van der Waals surface area contributed by atoms with Gasteiger partial charge in [-0.15, -0.1) is 0 Å². The molecule has 31 heavy (non-hydrogen) atoms. The lowest BCUT2D eigenvalue weighted by molar-refractivity contribution is -0.137. The van der Waals surface area contributed by atoms with Crippen molar-refractivity contribution in [1.82, 2.24) is 20.0 Å². The smallest absolute Gasteiger partial charge is 0.361 e. The quantitative estimate of drug-likeness (QED) is 0.525. The number of hydrogen-bond acceptors (Lipinski definition) is 4. The number of hydrogen-bond donors (Lipinski definition) is 1. The summed E-state index contributed by atoms with van der Waals surface area (Å²) in [5, 5.41) is 4.84. The number of H-pyrrole nitrogens is 1. The number of nitrogens with zero attached hydrogens (tertiary/aromatic N) is 3. The second kappa shape index (κ2) is 7.26. The van der Waals surface area contributed by atoms with Gasteiger partial charge in [-0.25, -0.2) is 0 Å². The van der Waals surface area contributed by atoms with E-state index in [1.165, 1.54) is 12.1 Å². The molecular formula is C22H17F3N4O2. The summed E-state index contributed by atoms with van der Waals surface area (Å²) < 4.78 is 44.0. The van der Waals surface area contributed by atoms with Crippen molar-refractivity contribution in [3.05, 3.63) is 71.7 Å². The maximum absolute atomic E-state index is 12.9. The first kappa shape index (κ1) is 19.3. The SMILES string of the molecule is O=C(Cc1c[nH]c2ccccc12)N1CC(c2nc(-c3cccc(C(F)(F)F)c3)no2)C1. The number of benzene rings is 2. The van der Waals surface area contributed by atoms with E-state index in [1.807, 2.05) is 30.5 Å². The van der Waals surface area contributed by atoms with Crippen LogP contribution in [0.25, 0.3) is 22.3 Å². The van der Waals surface area contributed by atoms with Crippen LogP contribution in [0.15, 0.2) is 59.3 Å². The van der Waals surface area contributed by atoms with E-state index in [0.29, 0.717) is 19.0 Å². The van der Waals surface area contributed by atoms with Crippen LogP contribution in [-0.2, 0) is 17.4 Å². The number of nitrogens with one attached hydrogen (secondary N) is 1. The highest BCUT2D eigenvalue weighted by Crippen LogP contribution is 2.33. The number of halogens is 3. The average molecular weight is 426 g/mol. The van der Waals surface area contributed by atoms with E-state index in [4.69, 9.17) is 4.52 Å². The molecular weight excluding hydrogens is 409 g/mol. The summed E-state index contributed by atoms with van der Waals surface area (Å²) in [5.74, 6) is 0.297. The summed E-state index contributed by atoms with van der Waals surface area (Å²) in [5.41, 5.74) is 1.39. The molecule has 1 aliphatic rings. The van der Waals surface area contributed by atoms with Gasteiger partial charge in [0.2, 0.25) is 17.6 Å². The fourth-order valence-electron chi connectivity index (χ4n) is 3.74. The van der Waals surface area contributed by atoms with Gasteiger partial charge in [0.05, 0.1) is 17.9 Å². The Kier molecular flexibility index (Phi) is 4.53. The normalized spacial score (nSPS) is 14.7. The summed E-state index contributed by atoms with van der Waals surface area (Å²) in [6.07, 6.45) is -2.31. The lowest BCUT2D eigenvalue weighted by atomic mass is 9.98. The third kappa shape index (κ3) is 3.67. The molecule has 2 aromatic heterocycles. The highest BCUT2D eigenvalue weighted by atomic mass is 19.4. The third-order valence-electron chi connectivity index (χ3n) is 5.49. The standard InChI is InChI=1S/C22H17F3N4O2/c23-22(24,25)16-5-3-4-13(8-16)20-27-21(31-28-20)15-11-29(12-15)19(30)9-14-10-26-18-7-2-1-6-17(14)18/h1-8,10,15,26H,9,11-12H2. The van der Waals surface area contributed by atoms with E-state index in [1.54, 1.807) is 4.90 Å². The molecule has 0 spiro atoms. The van der Waals surface area contributed by atoms with E-state index in [2.05, 4.69) is 15.1 Å². The Morgan fingerprint density at radius 1 is 1.16 bits per heavy atom. The van der Waals surface area contributed by atoms with Crippen LogP contribution in [0.4, 0.5) is 13.2 Å². The molecule has 0 aliphatic carbocycles. The predicted molar refractivity (Wildman–Crippen MR) is 106 cm³/mol. The second-order valence-corrected chi connectivity index (χ2v) is 7.57. The molecule has 0 radical (unpaired) electrons. The summed E-state index contributed by atoms with van der Waals surface area (Å²) in [4.78, 5) is 21.7. The van der Waals surface area contributed by atoms with Crippen molar-refractivity contribution in [2.75, 3.05) is 13.1 Å². The van der Waals surface area contributed by atoms with Crippen molar-refractivity contribution < 1.29 is 22.5 Å². The van der Waals surface area contributed by atoms with Crippen molar-refractivity contribution in [3.63, 3.8) is 0 Å². The Balaban J connectivity index is 1.23. The Bertz CT molecular complexity index is 1250. The van der Waals surface area contributed by atoms with E-state index < -0.39 is 11.7 Å². The van der Waals surface area contributed by atoms with Crippen LogP contribution in [0.2, 0.25) is 0 Å². The molecule has 4 aromatic rings. The number of carbonyl (C=O) groups is 1. The molecule has 1 amide bonds. The molecule has 1 fully saturated rings. The molecule has 0 bridgehead atoms. The number of rotatable bonds is 4. The molecule has 0 unspecified atom stereocenters. The van der Waals surface area contributed by atoms with Gasteiger partial charge >= 0.3 is 6.18 Å². The van der Waals surface area contributed by atoms with Gasteiger partial charge in [-0.2, -0.15) is 18.2 Å². The van der Waals surface area contributed by atoms with Crippen LogP contribution in [0.3, 0.4) is 0 Å². The van der Waals surface area contributed by atoms with Crippen LogP contribution in [0, 0.1) is 0 Å². The van der Waals surface area contributed by atoms with Gasteiger partial charge in [0.25, 0.3) is 0 Å². The molecule has 1 saturated heterocycles. The highest BCUT2D eigenvalue weighted by molar-refractivity contribution is 5.89. The molecule has 2 aromatic carbocycles. The minimum Gasteiger partial charge on any atom is -0.361 e. The first-order valence-corrected chi connectivity index (χ1v) is 9.72. The van der Waals surface area contributed by atoms with Crippen LogP contribution >= 0.6 is 0 Å². The number of alkyl halides is 3. The van der Waals surface area contributed by atoms with Gasteiger partial charge in [-0.1, -0.05) is 35.5 Å². The van der Waals surface area contributed by atoms with Gasteiger partial charge in [-0.05, 0) is 23.8 Å². The van der Waals surface area contributed by atoms with Crippen molar-refractivity contribution in [1.29, 1.82) is 0 Å². The van der Waals surface area contributed by atoms with Crippen LogP contribution < -0.4 is 0 Å². The van der Waals surface area contributed by atoms with E-state index in [0.717, 1.165) is 28.6 Å². The molecule has 158 valence electrons. The zero-order valence-electron chi connectivity index (χ0n) is 16.2. The van der Waals surface area contributed by atoms with Gasteiger partial charge in [0.15, 0.2) is 0 Å². The zero-order valence-corrected chi connectivity index (χ0v) is 16.2. The first-order chi connectivity index (χ1) is 14.9. The van der Waals surface area contributed by atoms with Crippen molar-refractivity contribution in [2.24, 2.45) is 0 Å². The molecule has 6 nitrogen and oxygen atoms in total. The lowest BCUT2D eigenvalue weighted by Gasteiger charge is -2.37. The summed E-state index contributed by atoms with van der Waals surface area (Å²) in [7, 11) is 0. The Labute approximate surface area is 174 Å². The van der Waals surface area contributed by atoms with E-state index in [9.17, 15) is 18.0 Å². The third-order valence-corrected chi connectivity index (χ3v) is 5.49. The number of aromatic amines is 1. The molecule has 1 N–H and O–H groups in total. The molecule has 9 heteroatoms. The van der Waals surface area contributed by atoms with Crippen molar-refractivity contribution >= 4 is 16.8 Å². The summed E-state index contributed by atoms with van der Waals surface area (Å²) in [6.45, 7) is 0.872. The van der Waals surface area contributed by atoms with Gasteiger partial charge in [-0.3, -0.25) is 4.79 Å². The minimum atomic E-state index is -4.44. The fraction of sp³-hybridized carbons (Fsp3) is 0.227. The molecule has 3 heterocycles. The lowest BCUT2D eigenvalue weighted by Crippen LogP contribution is -2.49. The molecule has 0 saturated carbocycles. The summed E-state index contributed by atoms with van der Waals surface area (Å²) >= 11 is 0. The van der Waals surface area contributed by atoms with Gasteiger partial charge < -0.3 is 14.4 Å². The maximum atomic E-state index is 12.9. The average Bonchev–Trinajstić information content (AvgIpc) is 3.34. The van der Waals surface area contributed by atoms with E-state index >= 15 is 0 Å². The Morgan fingerprint density at radius 2 is 1.97 bits per heavy atom. The highest BCUT2D eigenvalue weighted by Gasteiger charge is 2.36. The summed E-state index contributed by atoms with van der Waals surface area (Å²) in [6, 6.07) is 12.6. The Hall–Kier alpha value is -3.62. The Morgan fingerprint density at radius 3 is 2.77 bits per heavy atom. The molecule has 5 rings (SSSR count). The van der Waals surface area contributed by atoms with Crippen molar-refractivity contribution in [2.45, 2.75) is 18.5 Å². The topological polar surface area (TPSA) is 75.0 Å². The number of amides is 1. The largest absolute Gasteiger partial charge is 0.416 e. The van der Waals surface area contributed by atoms with Crippen LogP contribution in [0.5, 0.6) is 0 Å². The predicted octanol–water partition coefficient (Wildman–Crippen LogP) is 4.41. The molecule has 1 aliphatic heterocycles. The number of carbonyl (C=O) groups excluding carboxylic acids is 1. The number of likely N-dealkylation sites (tertiary alicyclic amines) is 1. The fourth-order valence-corrected chi connectivity index (χ4v) is 3.74. The maximum Gasteiger partial charge on any atom is 0.416 e. The second-order valence-electron chi connectivity index (χ2n) is 7.57. The zero-order chi connectivity index (χ0) is 21.6. The first-order valence-electron chi connectivity index (χ1n) is 9.72. The number of aromatic nitrogens is 3.